The first-order valence-electron chi connectivity index (χ1n) is 4.24. The molecule has 4 heteroatoms. The lowest BCUT2D eigenvalue weighted by Gasteiger charge is -2.05. The molecule has 0 amide bonds. The highest BCUT2D eigenvalue weighted by molar-refractivity contribution is 4.98. The van der Waals surface area contributed by atoms with Gasteiger partial charge in [-0.3, -0.25) is 0 Å². The zero-order valence-corrected chi connectivity index (χ0v) is 7.45. The van der Waals surface area contributed by atoms with Gasteiger partial charge in [-0.2, -0.15) is 4.98 Å². The second-order valence-corrected chi connectivity index (χ2v) is 3.42. The van der Waals surface area contributed by atoms with E-state index in [0.717, 1.165) is 25.3 Å². The first kappa shape index (κ1) is 7.73. The van der Waals surface area contributed by atoms with Crippen LogP contribution in [0.5, 0.6) is 0 Å². The largest absolute Gasteiger partial charge is 0.340 e. The number of likely N-dealkylation sites (N-methyl/N-ethyl adjacent to an activating group) is 1. The van der Waals surface area contributed by atoms with Crippen LogP contribution >= 0.6 is 0 Å². The van der Waals surface area contributed by atoms with Crippen molar-refractivity contribution in [3.63, 3.8) is 0 Å². The molecule has 2 heterocycles. The summed E-state index contributed by atoms with van der Waals surface area (Å²) in [4.78, 5) is 6.51. The molecule has 4 nitrogen and oxygen atoms in total. The third kappa shape index (κ3) is 1.34. The minimum atomic E-state index is 0.479. The van der Waals surface area contributed by atoms with E-state index in [9.17, 15) is 0 Å². The average molecular weight is 167 g/mol. The Kier molecular flexibility index (Phi) is 1.84. The summed E-state index contributed by atoms with van der Waals surface area (Å²) in [5.74, 6) is 2.02. The van der Waals surface area contributed by atoms with E-state index in [-0.39, 0.29) is 0 Å². The van der Waals surface area contributed by atoms with E-state index in [1.165, 1.54) is 0 Å². The van der Waals surface area contributed by atoms with Crippen molar-refractivity contribution in [3.05, 3.63) is 11.7 Å². The Morgan fingerprint density at radius 3 is 2.92 bits per heavy atom. The van der Waals surface area contributed by atoms with Crippen LogP contribution in [-0.2, 0) is 0 Å². The lowest BCUT2D eigenvalue weighted by Crippen LogP contribution is -2.13. The second-order valence-electron chi connectivity index (χ2n) is 3.42. The Labute approximate surface area is 71.6 Å². The molecule has 2 rings (SSSR count). The van der Waals surface area contributed by atoms with E-state index < -0.39 is 0 Å². The Bertz CT molecular complexity index is 271. The van der Waals surface area contributed by atoms with Gasteiger partial charge in [0, 0.05) is 19.4 Å². The number of aromatic nitrogens is 2. The number of rotatable bonds is 1. The summed E-state index contributed by atoms with van der Waals surface area (Å²) < 4.78 is 4.93. The summed E-state index contributed by atoms with van der Waals surface area (Å²) in [6, 6.07) is 0. The van der Waals surface area contributed by atoms with Gasteiger partial charge in [0.15, 0.2) is 5.82 Å². The predicted octanol–water partition coefficient (Wildman–Crippen LogP) is 0.797. The van der Waals surface area contributed by atoms with Gasteiger partial charge < -0.3 is 9.42 Å². The first-order valence-corrected chi connectivity index (χ1v) is 4.24. The molecule has 0 bridgehead atoms. The minimum absolute atomic E-state index is 0.479. The number of likely N-dealkylation sites (tertiary alicyclic amines) is 1. The molecule has 1 aromatic heterocycles. The van der Waals surface area contributed by atoms with Crippen LogP contribution in [0.3, 0.4) is 0 Å². The fourth-order valence-corrected chi connectivity index (χ4v) is 1.63. The van der Waals surface area contributed by atoms with Crippen molar-refractivity contribution in [2.24, 2.45) is 0 Å². The van der Waals surface area contributed by atoms with Crippen molar-refractivity contribution in [2.75, 3.05) is 20.1 Å². The number of nitrogens with zero attached hydrogens (tertiary/aromatic N) is 3. The molecular formula is C8H13N3O. The molecule has 1 fully saturated rings. The molecule has 0 aliphatic carbocycles. The van der Waals surface area contributed by atoms with E-state index in [4.69, 9.17) is 4.52 Å². The van der Waals surface area contributed by atoms with Crippen LogP contribution in [0.25, 0.3) is 0 Å². The molecule has 0 radical (unpaired) electrons. The van der Waals surface area contributed by atoms with Gasteiger partial charge in [-0.1, -0.05) is 5.16 Å². The maximum Gasteiger partial charge on any atom is 0.223 e. The fraction of sp³-hybridized carbons (Fsp3) is 0.750. The summed E-state index contributed by atoms with van der Waals surface area (Å²) in [5.41, 5.74) is 0. The van der Waals surface area contributed by atoms with Crippen LogP contribution in [-0.4, -0.2) is 35.2 Å². The van der Waals surface area contributed by atoms with E-state index in [0.29, 0.717) is 11.8 Å². The van der Waals surface area contributed by atoms with Crippen LogP contribution in [0.1, 0.15) is 24.1 Å². The highest BCUT2D eigenvalue weighted by Gasteiger charge is 2.24. The van der Waals surface area contributed by atoms with Crippen LogP contribution < -0.4 is 0 Å². The molecule has 0 N–H and O–H groups in total. The zero-order valence-electron chi connectivity index (χ0n) is 7.45. The van der Waals surface area contributed by atoms with Crippen LogP contribution in [0.15, 0.2) is 4.52 Å². The van der Waals surface area contributed by atoms with Gasteiger partial charge in [0.2, 0.25) is 5.89 Å². The van der Waals surface area contributed by atoms with Crippen molar-refractivity contribution in [3.8, 4) is 0 Å². The summed E-state index contributed by atoms with van der Waals surface area (Å²) in [7, 11) is 2.12. The normalized spacial score (nSPS) is 25.0. The minimum Gasteiger partial charge on any atom is -0.340 e. The van der Waals surface area contributed by atoms with Crippen molar-refractivity contribution in [2.45, 2.75) is 19.3 Å². The number of hydrogen-bond acceptors (Lipinski definition) is 4. The molecule has 0 saturated carbocycles. The molecule has 66 valence electrons. The summed E-state index contributed by atoms with van der Waals surface area (Å²) in [6.45, 7) is 4.02. The van der Waals surface area contributed by atoms with Crippen molar-refractivity contribution in [1.82, 2.24) is 15.0 Å². The average Bonchev–Trinajstić information content (AvgIpc) is 2.58. The van der Waals surface area contributed by atoms with Crippen LogP contribution in [0.2, 0.25) is 0 Å². The van der Waals surface area contributed by atoms with Gasteiger partial charge >= 0.3 is 0 Å². The van der Waals surface area contributed by atoms with Gasteiger partial charge in [0.1, 0.15) is 0 Å². The summed E-state index contributed by atoms with van der Waals surface area (Å²) in [6.07, 6.45) is 1.15. The third-order valence-electron chi connectivity index (χ3n) is 2.30. The molecule has 1 unspecified atom stereocenters. The quantitative estimate of drug-likeness (QED) is 0.620. The zero-order chi connectivity index (χ0) is 8.55. The molecule has 0 spiro atoms. The SMILES string of the molecule is Cc1nc(C2CCN(C)C2)no1. The highest BCUT2D eigenvalue weighted by atomic mass is 16.5. The van der Waals surface area contributed by atoms with Crippen LogP contribution in [0.4, 0.5) is 0 Å². The maximum absolute atomic E-state index is 4.93. The van der Waals surface area contributed by atoms with Gasteiger partial charge in [-0.05, 0) is 20.0 Å². The van der Waals surface area contributed by atoms with Gasteiger partial charge in [0.25, 0.3) is 0 Å². The topological polar surface area (TPSA) is 42.2 Å². The van der Waals surface area contributed by atoms with E-state index in [1.54, 1.807) is 0 Å². The Morgan fingerprint density at radius 2 is 2.42 bits per heavy atom. The molecule has 1 atom stereocenters. The third-order valence-corrected chi connectivity index (χ3v) is 2.30. The highest BCUT2D eigenvalue weighted by Crippen LogP contribution is 2.23. The molecule has 1 saturated heterocycles. The maximum atomic E-state index is 4.93. The molecule has 1 aliphatic heterocycles. The van der Waals surface area contributed by atoms with Gasteiger partial charge in [0.05, 0.1) is 0 Å². The molecule has 1 aliphatic rings. The number of aryl methyl sites for hydroxylation is 1. The Balaban J connectivity index is 2.11. The second kappa shape index (κ2) is 2.86. The summed E-state index contributed by atoms with van der Waals surface area (Å²) in [5, 5.41) is 3.92. The van der Waals surface area contributed by atoms with E-state index in [1.807, 2.05) is 6.92 Å². The standard InChI is InChI=1S/C8H13N3O/c1-6-9-8(10-12-6)7-3-4-11(2)5-7/h7H,3-5H2,1-2H3. The Hall–Kier alpha value is -0.900. The van der Waals surface area contributed by atoms with Gasteiger partial charge in [-0.15, -0.1) is 0 Å². The molecule has 12 heavy (non-hydrogen) atoms. The monoisotopic (exact) mass is 167 g/mol. The van der Waals surface area contributed by atoms with Crippen molar-refractivity contribution < 1.29 is 4.52 Å². The predicted molar refractivity (Wildman–Crippen MR) is 43.9 cm³/mol. The summed E-state index contributed by atoms with van der Waals surface area (Å²) >= 11 is 0. The lowest BCUT2D eigenvalue weighted by molar-refractivity contribution is 0.378. The molecular weight excluding hydrogens is 154 g/mol. The molecule has 1 aromatic rings. The lowest BCUT2D eigenvalue weighted by atomic mass is 10.1. The van der Waals surface area contributed by atoms with E-state index in [2.05, 4.69) is 22.1 Å². The van der Waals surface area contributed by atoms with Gasteiger partial charge in [-0.25, -0.2) is 0 Å². The smallest absolute Gasteiger partial charge is 0.223 e. The van der Waals surface area contributed by atoms with Crippen molar-refractivity contribution in [1.29, 1.82) is 0 Å². The fourth-order valence-electron chi connectivity index (χ4n) is 1.63. The first-order chi connectivity index (χ1) is 5.75. The Morgan fingerprint density at radius 1 is 1.58 bits per heavy atom. The molecule has 0 aromatic carbocycles. The van der Waals surface area contributed by atoms with Crippen molar-refractivity contribution >= 4 is 0 Å². The van der Waals surface area contributed by atoms with E-state index >= 15 is 0 Å². The number of hydrogen-bond donors (Lipinski definition) is 0. The van der Waals surface area contributed by atoms with Crippen LogP contribution in [0, 0.1) is 6.92 Å².